The molecule has 0 spiro atoms. The minimum absolute atomic E-state index is 0.249. The average Bonchev–Trinajstić information content (AvgIpc) is 2.81. The number of halogens is 1. The van der Waals surface area contributed by atoms with Crippen molar-refractivity contribution in [1.82, 2.24) is 10.1 Å². The zero-order valence-electron chi connectivity index (χ0n) is 9.97. The van der Waals surface area contributed by atoms with Crippen LogP contribution in [0.15, 0.2) is 28.8 Å². The van der Waals surface area contributed by atoms with Crippen LogP contribution in [0.1, 0.15) is 23.3 Å². The smallest absolute Gasteiger partial charge is 0.231 e. The van der Waals surface area contributed by atoms with Crippen LogP contribution in [0.4, 0.5) is 4.39 Å². The van der Waals surface area contributed by atoms with Gasteiger partial charge in [-0.3, -0.25) is 0 Å². The zero-order chi connectivity index (χ0) is 13.0. The Balaban J connectivity index is 2.09. The van der Waals surface area contributed by atoms with Gasteiger partial charge in [0.2, 0.25) is 5.89 Å². The van der Waals surface area contributed by atoms with E-state index in [-0.39, 0.29) is 12.2 Å². The lowest BCUT2D eigenvalue weighted by Crippen LogP contribution is -2.17. The topological polar surface area (TPSA) is 74.2 Å². The lowest BCUT2D eigenvalue weighted by Gasteiger charge is -2.03. The number of ether oxygens (including phenoxy) is 1. The van der Waals surface area contributed by atoms with Gasteiger partial charge in [0, 0.05) is 7.11 Å². The summed E-state index contributed by atoms with van der Waals surface area (Å²) in [5.74, 6) is 0.406. The molecule has 0 fully saturated rings. The fourth-order valence-electron chi connectivity index (χ4n) is 1.55. The van der Waals surface area contributed by atoms with Crippen LogP contribution in [0.5, 0.6) is 0 Å². The number of rotatable bonds is 5. The number of nitrogens with two attached hydrogens (primary N) is 1. The average molecular weight is 251 g/mol. The predicted molar refractivity (Wildman–Crippen MR) is 62.3 cm³/mol. The third-order valence-electron chi connectivity index (χ3n) is 2.46. The molecule has 0 radical (unpaired) electrons. The number of methoxy groups -OCH3 is 1. The molecule has 96 valence electrons. The molecule has 5 nitrogen and oxygen atoms in total. The summed E-state index contributed by atoms with van der Waals surface area (Å²) in [4.78, 5) is 4.12. The van der Waals surface area contributed by atoms with Crippen LogP contribution in [-0.4, -0.2) is 23.9 Å². The van der Waals surface area contributed by atoms with E-state index in [1.165, 1.54) is 6.07 Å². The first-order valence-electron chi connectivity index (χ1n) is 5.51. The van der Waals surface area contributed by atoms with E-state index < -0.39 is 6.04 Å². The predicted octanol–water partition coefficient (Wildman–Crippen LogP) is 1.45. The molecule has 0 aliphatic heterocycles. The maximum atomic E-state index is 13.4. The Kier molecular flexibility index (Phi) is 4.01. The van der Waals surface area contributed by atoms with Gasteiger partial charge in [-0.15, -0.1) is 0 Å². The summed E-state index contributed by atoms with van der Waals surface area (Å²) >= 11 is 0. The van der Waals surface area contributed by atoms with Crippen molar-refractivity contribution in [2.24, 2.45) is 5.73 Å². The first kappa shape index (κ1) is 12.7. The summed E-state index contributed by atoms with van der Waals surface area (Å²) in [6.45, 7) is 0.304. The van der Waals surface area contributed by atoms with Crippen molar-refractivity contribution >= 4 is 0 Å². The van der Waals surface area contributed by atoms with Crippen molar-refractivity contribution in [3.8, 4) is 0 Å². The highest BCUT2D eigenvalue weighted by Crippen LogP contribution is 2.13. The van der Waals surface area contributed by atoms with Gasteiger partial charge in [-0.1, -0.05) is 23.4 Å². The SMILES string of the molecule is COCC(N)c1noc(Cc2ccccc2F)n1. The van der Waals surface area contributed by atoms with E-state index in [0.717, 1.165) is 0 Å². The Morgan fingerprint density at radius 1 is 1.44 bits per heavy atom. The standard InChI is InChI=1S/C12H14FN3O2/c1-17-7-10(14)12-15-11(18-16-12)6-8-4-2-3-5-9(8)13/h2-5,10H,6-7,14H2,1H3. The lowest BCUT2D eigenvalue weighted by atomic mass is 10.1. The van der Waals surface area contributed by atoms with E-state index in [4.69, 9.17) is 15.0 Å². The molecule has 18 heavy (non-hydrogen) atoms. The summed E-state index contributed by atoms with van der Waals surface area (Å²) in [5.41, 5.74) is 6.27. The molecule has 1 unspecified atom stereocenters. The molecule has 1 aromatic heterocycles. The second kappa shape index (κ2) is 5.70. The molecule has 1 heterocycles. The van der Waals surface area contributed by atoms with Crippen LogP contribution in [0.25, 0.3) is 0 Å². The summed E-state index contributed by atoms with van der Waals surface area (Å²) < 4.78 is 23.4. The van der Waals surface area contributed by atoms with E-state index in [1.54, 1.807) is 25.3 Å². The number of aromatic nitrogens is 2. The molecule has 0 aliphatic carbocycles. The highest BCUT2D eigenvalue weighted by molar-refractivity contribution is 5.20. The van der Waals surface area contributed by atoms with Gasteiger partial charge in [0.15, 0.2) is 5.82 Å². The molecule has 0 amide bonds. The van der Waals surface area contributed by atoms with Crippen LogP contribution in [-0.2, 0) is 11.2 Å². The molecule has 0 saturated carbocycles. The summed E-state index contributed by atoms with van der Waals surface area (Å²) in [7, 11) is 1.54. The fraction of sp³-hybridized carbons (Fsp3) is 0.333. The van der Waals surface area contributed by atoms with Crippen LogP contribution in [0.3, 0.4) is 0 Å². The molecule has 0 bridgehead atoms. The van der Waals surface area contributed by atoms with E-state index in [9.17, 15) is 4.39 Å². The monoisotopic (exact) mass is 251 g/mol. The Morgan fingerprint density at radius 2 is 2.22 bits per heavy atom. The van der Waals surface area contributed by atoms with E-state index >= 15 is 0 Å². The van der Waals surface area contributed by atoms with Crippen LogP contribution >= 0.6 is 0 Å². The zero-order valence-corrected chi connectivity index (χ0v) is 9.97. The van der Waals surface area contributed by atoms with Gasteiger partial charge in [-0.05, 0) is 11.6 Å². The number of benzene rings is 1. The van der Waals surface area contributed by atoms with Gasteiger partial charge >= 0.3 is 0 Å². The fourth-order valence-corrected chi connectivity index (χ4v) is 1.55. The van der Waals surface area contributed by atoms with Crippen LogP contribution in [0, 0.1) is 5.82 Å². The minimum atomic E-state index is -0.437. The number of hydrogen-bond acceptors (Lipinski definition) is 5. The highest BCUT2D eigenvalue weighted by atomic mass is 19.1. The van der Waals surface area contributed by atoms with Crippen molar-refractivity contribution in [3.05, 3.63) is 47.4 Å². The van der Waals surface area contributed by atoms with Crippen LogP contribution in [0.2, 0.25) is 0 Å². The van der Waals surface area contributed by atoms with Crippen molar-refractivity contribution in [1.29, 1.82) is 0 Å². The molecule has 6 heteroatoms. The molecule has 1 aromatic carbocycles. The van der Waals surface area contributed by atoms with Gasteiger partial charge in [-0.2, -0.15) is 4.98 Å². The van der Waals surface area contributed by atoms with Crippen LogP contribution < -0.4 is 5.73 Å². The normalized spacial score (nSPS) is 12.6. The second-order valence-corrected chi connectivity index (χ2v) is 3.88. The molecular formula is C12H14FN3O2. The van der Waals surface area contributed by atoms with Gasteiger partial charge in [0.1, 0.15) is 5.82 Å². The van der Waals surface area contributed by atoms with Crippen molar-refractivity contribution in [3.63, 3.8) is 0 Å². The molecular weight excluding hydrogens is 237 g/mol. The Morgan fingerprint density at radius 3 is 2.94 bits per heavy atom. The third kappa shape index (κ3) is 2.91. The number of nitrogens with zero attached hydrogens (tertiary/aromatic N) is 2. The van der Waals surface area contributed by atoms with Gasteiger partial charge in [0.25, 0.3) is 0 Å². The van der Waals surface area contributed by atoms with Crippen molar-refractivity contribution in [2.45, 2.75) is 12.5 Å². The molecule has 2 rings (SSSR count). The van der Waals surface area contributed by atoms with E-state index in [0.29, 0.717) is 23.9 Å². The molecule has 0 aliphatic rings. The first-order valence-corrected chi connectivity index (χ1v) is 5.51. The maximum absolute atomic E-state index is 13.4. The third-order valence-corrected chi connectivity index (χ3v) is 2.46. The molecule has 2 N–H and O–H groups in total. The largest absolute Gasteiger partial charge is 0.383 e. The Hall–Kier alpha value is -1.79. The number of hydrogen-bond donors (Lipinski definition) is 1. The Labute approximate surface area is 104 Å². The maximum Gasteiger partial charge on any atom is 0.231 e. The van der Waals surface area contributed by atoms with E-state index in [2.05, 4.69) is 10.1 Å². The lowest BCUT2D eigenvalue weighted by molar-refractivity contribution is 0.177. The van der Waals surface area contributed by atoms with Gasteiger partial charge < -0.3 is 15.0 Å². The Bertz CT molecular complexity index is 516. The summed E-state index contributed by atoms with van der Waals surface area (Å²) in [6.07, 6.45) is 0.249. The second-order valence-electron chi connectivity index (χ2n) is 3.88. The highest BCUT2D eigenvalue weighted by Gasteiger charge is 2.15. The van der Waals surface area contributed by atoms with E-state index in [1.807, 2.05) is 0 Å². The molecule has 0 saturated heterocycles. The summed E-state index contributed by atoms with van der Waals surface area (Å²) in [5, 5.41) is 3.75. The molecule has 1 atom stereocenters. The molecule has 2 aromatic rings. The van der Waals surface area contributed by atoms with Crippen molar-refractivity contribution < 1.29 is 13.7 Å². The van der Waals surface area contributed by atoms with Crippen molar-refractivity contribution in [2.75, 3.05) is 13.7 Å². The van der Waals surface area contributed by atoms with Gasteiger partial charge in [0.05, 0.1) is 19.1 Å². The van der Waals surface area contributed by atoms with Gasteiger partial charge in [-0.25, -0.2) is 4.39 Å². The quantitative estimate of drug-likeness (QED) is 0.870. The summed E-state index contributed by atoms with van der Waals surface area (Å²) in [6, 6.07) is 6.02. The minimum Gasteiger partial charge on any atom is -0.383 e. The first-order chi connectivity index (χ1) is 8.70.